The zero-order valence-electron chi connectivity index (χ0n) is 15.2. The zero-order chi connectivity index (χ0) is 20.8. The summed E-state index contributed by atoms with van der Waals surface area (Å²) in [5.41, 5.74) is 0.783. The third kappa shape index (κ3) is 2.80. The van der Waals surface area contributed by atoms with Crippen molar-refractivity contribution in [1.29, 1.82) is 0 Å². The number of hydrogen-bond acceptors (Lipinski definition) is 7. The van der Waals surface area contributed by atoms with Crippen LogP contribution >= 0.6 is 0 Å². The van der Waals surface area contributed by atoms with Crippen molar-refractivity contribution < 1.29 is 28.7 Å². The van der Waals surface area contributed by atoms with E-state index in [0.29, 0.717) is 28.7 Å². The SMILES string of the molecule is O=C1c2ccc(Oc3ccc([N+](=O)[O-])cc3)cc2C(=O)N1c1ccc2c(c1)OCO2. The Balaban J connectivity index is 1.43. The predicted octanol–water partition coefficient (Wildman–Crippen LogP) is 3.92. The topological polar surface area (TPSA) is 108 Å². The molecule has 0 saturated carbocycles. The number of nitro groups is 1. The fourth-order valence-corrected chi connectivity index (χ4v) is 3.31. The lowest BCUT2D eigenvalue weighted by Crippen LogP contribution is -2.29. The summed E-state index contributed by atoms with van der Waals surface area (Å²) in [6.45, 7) is 0.0875. The van der Waals surface area contributed by atoms with E-state index in [1.165, 1.54) is 36.4 Å². The van der Waals surface area contributed by atoms with Gasteiger partial charge < -0.3 is 14.2 Å². The molecule has 0 atom stereocenters. The van der Waals surface area contributed by atoms with Crippen molar-refractivity contribution in [2.24, 2.45) is 0 Å². The van der Waals surface area contributed by atoms with Gasteiger partial charge in [-0.25, -0.2) is 4.90 Å². The average Bonchev–Trinajstić information content (AvgIpc) is 3.30. The number of fused-ring (bicyclic) bond motifs is 2. The second kappa shape index (κ2) is 6.59. The number of non-ortho nitro benzene ring substituents is 1. The van der Waals surface area contributed by atoms with E-state index in [1.54, 1.807) is 24.3 Å². The second-order valence-electron chi connectivity index (χ2n) is 6.54. The first-order valence-electron chi connectivity index (χ1n) is 8.86. The molecule has 148 valence electrons. The summed E-state index contributed by atoms with van der Waals surface area (Å²) >= 11 is 0. The van der Waals surface area contributed by atoms with Crippen LogP contribution in [0.25, 0.3) is 0 Å². The maximum Gasteiger partial charge on any atom is 0.269 e. The molecule has 5 rings (SSSR count). The summed E-state index contributed by atoms with van der Waals surface area (Å²) in [5, 5.41) is 10.8. The van der Waals surface area contributed by atoms with Crippen LogP contribution in [-0.4, -0.2) is 23.5 Å². The van der Waals surface area contributed by atoms with Crippen molar-refractivity contribution in [1.82, 2.24) is 0 Å². The second-order valence-corrected chi connectivity index (χ2v) is 6.54. The number of benzene rings is 3. The van der Waals surface area contributed by atoms with Crippen molar-refractivity contribution in [2.45, 2.75) is 0 Å². The van der Waals surface area contributed by atoms with Crippen molar-refractivity contribution in [2.75, 3.05) is 11.7 Å². The Hall–Kier alpha value is -4.40. The Morgan fingerprint density at radius 3 is 2.30 bits per heavy atom. The summed E-state index contributed by atoms with van der Waals surface area (Å²) in [6.07, 6.45) is 0. The van der Waals surface area contributed by atoms with Gasteiger partial charge in [0.25, 0.3) is 17.5 Å². The minimum Gasteiger partial charge on any atom is -0.457 e. The number of amides is 2. The van der Waals surface area contributed by atoms with Crippen LogP contribution in [0.2, 0.25) is 0 Å². The van der Waals surface area contributed by atoms with Crippen LogP contribution in [0, 0.1) is 10.1 Å². The average molecular weight is 404 g/mol. The lowest BCUT2D eigenvalue weighted by molar-refractivity contribution is -0.384. The van der Waals surface area contributed by atoms with Gasteiger partial charge in [0.2, 0.25) is 6.79 Å². The summed E-state index contributed by atoms with van der Waals surface area (Å²) in [6, 6.07) is 14.9. The Bertz CT molecular complexity index is 1220. The third-order valence-corrected chi connectivity index (χ3v) is 4.76. The Kier molecular flexibility index (Phi) is 3.88. The van der Waals surface area contributed by atoms with E-state index in [9.17, 15) is 19.7 Å². The fourth-order valence-electron chi connectivity index (χ4n) is 3.31. The molecule has 30 heavy (non-hydrogen) atoms. The summed E-state index contributed by atoms with van der Waals surface area (Å²) in [5.74, 6) is 0.778. The van der Waals surface area contributed by atoms with E-state index in [0.717, 1.165) is 4.90 Å². The van der Waals surface area contributed by atoms with Crippen LogP contribution in [0.1, 0.15) is 20.7 Å². The van der Waals surface area contributed by atoms with Crippen molar-refractivity contribution >= 4 is 23.2 Å². The summed E-state index contributed by atoms with van der Waals surface area (Å²) in [7, 11) is 0. The molecule has 3 aromatic rings. The smallest absolute Gasteiger partial charge is 0.269 e. The number of ether oxygens (including phenoxy) is 3. The number of anilines is 1. The predicted molar refractivity (Wildman–Crippen MR) is 103 cm³/mol. The quantitative estimate of drug-likeness (QED) is 0.368. The highest BCUT2D eigenvalue weighted by atomic mass is 16.7. The van der Waals surface area contributed by atoms with Crippen LogP contribution in [0.3, 0.4) is 0 Å². The van der Waals surface area contributed by atoms with Crippen LogP contribution in [0.15, 0.2) is 60.7 Å². The van der Waals surface area contributed by atoms with E-state index < -0.39 is 16.7 Å². The third-order valence-electron chi connectivity index (χ3n) is 4.76. The van der Waals surface area contributed by atoms with Gasteiger partial charge in [-0.15, -0.1) is 0 Å². The molecule has 2 heterocycles. The maximum atomic E-state index is 12.9. The molecule has 0 radical (unpaired) electrons. The van der Waals surface area contributed by atoms with Gasteiger partial charge in [-0.05, 0) is 42.5 Å². The van der Waals surface area contributed by atoms with E-state index in [-0.39, 0.29) is 23.6 Å². The number of imide groups is 1. The van der Waals surface area contributed by atoms with E-state index in [1.807, 2.05) is 0 Å². The van der Waals surface area contributed by atoms with Crippen molar-refractivity contribution in [3.63, 3.8) is 0 Å². The first kappa shape index (κ1) is 17.7. The van der Waals surface area contributed by atoms with Gasteiger partial charge >= 0.3 is 0 Å². The normalized spacial score (nSPS) is 14.1. The Morgan fingerprint density at radius 1 is 0.833 bits per heavy atom. The molecule has 0 unspecified atom stereocenters. The van der Waals surface area contributed by atoms with Gasteiger partial charge in [-0.2, -0.15) is 0 Å². The van der Waals surface area contributed by atoms with Gasteiger partial charge in [0.1, 0.15) is 11.5 Å². The maximum absolute atomic E-state index is 12.9. The van der Waals surface area contributed by atoms with Gasteiger partial charge in [0, 0.05) is 18.2 Å². The molecule has 0 spiro atoms. The Morgan fingerprint density at radius 2 is 1.53 bits per heavy atom. The molecule has 2 aliphatic heterocycles. The van der Waals surface area contributed by atoms with E-state index >= 15 is 0 Å². The lowest BCUT2D eigenvalue weighted by atomic mass is 10.1. The van der Waals surface area contributed by atoms with E-state index in [4.69, 9.17) is 14.2 Å². The fraction of sp³-hybridized carbons (Fsp3) is 0.0476. The molecule has 2 amide bonds. The molecule has 0 bridgehead atoms. The summed E-state index contributed by atoms with van der Waals surface area (Å²) in [4.78, 5) is 37.1. The van der Waals surface area contributed by atoms with Gasteiger partial charge in [0.15, 0.2) is 11.5 Å². The van der Waals surface area contributed by atoms with Gasteiger partial charge in [-0.1, -0.05) is 0 Å². The van der Waals surface area contributed by atoms with Crippen LogP contribution in [0.5, 0.6) is 23.0 Å². The summed E-state index contributed by atoms with van der Waals surface area (Å²) < 4.78 is 16.3. The van der Waals surface area contributed by atoms with Gasteiger partial charge in [0.05, 0.1) is 21.7 Å². The first-order chi connectivity index (χ1) is 14.5. The highest BCUT2D eigenvalue weighted by molar-refractivity contribution is 6.34. The zero-order valence-corrected chi connectivity index (χ0v) is 15.2. The molecule has 0 aliphatic carbocycles. The number of carbonyl (C=O) groups excluding carboxylic acids is 2. The highest BCUT2D eigenvalue weighted by Crippen LogP contribution is 2.38. The molecular formula is C21H12N2O7. The number of nitrogens with zero attached hydrogens (tertiary/aromatic N) is 2. The van der Waals surface area contributed by atoms with Crippen molar-refractivity contribution in [3.8, 4) is 23.0 Å². The Labute approximate surface area is 169 Å². The molecule has 9 heteroatoms. The molecule has 3 aromatic carbocycles. The number of carbonyl (C=O) groups is 2. The van der Waals surface area contributed by atoms with Crippen molar-refractivity contribution in [3.05, 3.63) is 81.9 Å². The van der Waals surface area contributed by atoms with Crippen LogP contribution in [-0.2, 0) is 0 Å². The molecule has 0 N–H and O–H groups in total. The number of hydrogen-bond donors (Lipinski definition) is 0. The molecule has 0 aromatic heterocycles. The minimum atomic E-state index is -0.506. The molecule has 0 fully saturated rings. The minimum absolute atomic E-state index is 0.0588. The monoisotopic (exact) mass is 404 g/mol. The highest BCUT2D eigenvalue weighted by Gasteiger charge is 2.37. The first-order valence-corrected chi connectivity index (χ1v) is 8.86. The lowest BCUT2D eigenvalue weighted by Gasteiger charge is -2.14. The number of nitro benzene ring substituents is 1. The standard InChI is InChI=1S/C21H12N2O7/c24-20-16-7-6-15(30-14-4-1-12(2-5-14)23(26)27)10-17(16)21(25)22(20)13-3-8-18-19(9-13)29-11-28-18/h1-10H,11H2. The van der Waals surface area contributed by atoms with E-state index in [2.05, 4.69) is 0 Å². The molecule has 0 saturated heterocycles. The van der Waals surface area contributed by atoms with Gasteiger partial charge in [-0.3, -0.25) is 19.7 Å². The molecule has 9 nitrogen and oxygen atoms in total. The van der Waals surface area contributed by atoms with Crippen LogP contribution < -0.4 is 19.1 Å². The number of rotatable bonds is 4. The largest absolute Gasteiger partial charge is 0.457 e. The van der Waals surface area contributed by atoms with Crippen LogP contribution in [0.4, 0.5) is 11.4 Å². The molecular weight excluding hydrogens is 392 g/mol. The molecule has 2 aliphatic rings.